The van der Waals surface area contributed by atoms with Crippen molar-refractivity contribution in [3.05, 3.63) is 59.2 Å². The van der Waals surface area contributed by atoms with Crippen molar-refractivity contribution in [3.63, 3.8) is 0 Å². The van der Waals surface area contributed by atoms with Gasteiger partial charge in [0.05, 0.1) is 17.5 Å². The molecule has 1 heterocycles. The topological polar surface area (TPSA) is 84.9 Å². The van der Waals surface area contributed by atoms with Crippen LogP contribution < -0.4 is 14.8 Å². The van der Waals surface area contributed by atoms with Gasteiger partial charge in [-0.05, 0) is 48.2 Å². The first-order valence-electron chi connectivity index (χ1n) is 9.59. The molecule has 0 atom stereocenters. The number of carbonyl (C=O) groups excluding carboxylic acids is 1. The number of benzene rings is 2. The third-order valence-corrected chi connectivity index (χ3v) is 5.50. The van der Waals surface area contributed by atoms with Gasteiger partial charge in [0.1, 0.15) is 13.2 Å². The van der Waals surface area contributed by atoms with Gasteiger partial charge in [-0.2, -0.15) is 0 Å². The molecule has 2 aromatic rings. The molecule has 2 aromatic carbocycles. The summed E-state index contributed by atoms with van der Waals surface area (Å²) in [6.07, 6.45) is 4.10. The molecule has 0 bridgehead atoms. The van der Waals surface area contributed by atoms with Gasteiger partial charge in [0.25, 0.3) is 0 Å². The van der Waals surface area contributed by atoms with Crippen molar-refractivity contribution >= 4 is 11.9 Å². The van der Waals surface area contributed by atoms with Gasteiger partial charge in [-0.3, -0.25) is 4.79 Å². The molecule has 2 N–H and O–H groups in total. The number of carbonyl (C=O) groups is 2. The average Bonchev–Trinajstić information content (AvgIpc) is 3.17. The first-order chi connectivity index (χ1) is 13.6. The SMILES string of the molecule is O=C(Cc1ccc(C(=O)O)cc1)NC1(c2ccc3c(c2)OCCO3)CCCC1. The van der Waals surface area contributed by atoms with E-state index in [2.05, 4.69) is 5.32 Å². The zero-order chi connectivity index (χ0) is 19.6. The van der Waals surface area contributed by atoms with Crippen molar-refractivity contribution in [3.8, 4) is 11.5 Å². The zero-order valence-electron chi connectivity index (χ0n) is 15.6. The Morgan fingerprint density at radius 3 is 2.32 bits per heavy atom. The molecule has 0 aromatic heterocycles. The zero-order valence-corrected chi connectivity index (χ0v) is 15.6. The van der Waals surface area contributed by atoms with Crippen LogP contribution in [0.2, 0.25) is 0 Å². The van der Waals surface area contributed by atoms with Gasteiger partial charge in [0.2, 0.25) is 5.91 Å². The minimum atomic E-state index is -0.973. The standard InChI is InChI=1S/C22H23NO5/c24-20(13-15-3-5-16(6-4-15)21(25)26)23-22(9-1-2-10-22)17-7-8-18-19(14-17)28-12-11-27-18/h3-8,14H,1-2,9-13H2,(H,23,24)(H,25,26). The fraction of sp³-hybridized carbons (Fsp3) is 0.364. The smallest absolute Gasteiger partial charge is 0.335 e. The predicted octanol–water partition coefficient (Wildman–Crippen LogP) is 3.28. The molecule has 0 unspecified atom stereocenters. The Hall–Kier alpha value is -3.02. The largest absolute Gasteiger partial charge is 0.486 e. The van der Waals surface area contributed by atoms with E-state index in [4.69, 9.17) is 14.6 Å². The van der Waals surface area contributed by atoms with Crippen molar-refractivity contribution in [1.82, 2.24) is 5.32 Å². The highest BCUT2D eigenvalue weighted by molar-refractivity contribution is 5.87. The Balaban J connectivity index is 1.51. The molecule has 4 rings (SSSR count). The van der Waals surface area contributed by atoms with Gasteiger partial charge >= 0.3 is 5.97 Å². The van der Waals surface area contributed by atoms with Crippen LogP contribution in [0.3, 0.4) is 0 Å². The second-order valence-corrected chi connectivity index (χ2v) is 7.37. The van der Waals surface area contributed by atoms with Crippen LogP contribution in [0.1, 0.15) is 47.2 Å². The maximum atomic E-state index is 12.8. The minimum Gasteiger partial charge on any atom is -0.486 e. The van der Waals surface area contributed by atoms with E-state index in [0.717, 1.165) is 48.3 Å². The maximum absolute atomic E-state index is 12.8. The van der Waals surface area contributed by atoms with Crippen molar-refractivity contribution < 1.29 is 24.2 Å². The van der Waals surface area contributed by atoms with Crippen LogP contribution in [0.15, 0.2) is 42.5 Å². The van der Waals surface area contributed by atoms with Gasteiger partial charge < -0.3 is 19.9 Å². The summed E-state index contributed by atoms with van der Waals surface area (Å²) in [5, 5.41) is 12.2. The normalized spacial score (nSPS) is 17.1. The van der Waals surface area contributed by atoms with Crippen LogP contribution in [0.5, 0.6) is 11.5 Å². The summed E-state index contributed by atoms with van der Waals surface area (Å²) in [4.78, 5) is 23.7. The highest BCUT2D eigenvalue weighted by Gasteiger charge is 2.37. The molecule has 1 aliphatic heterocycles. The van der Waals surface area contributed by atoms with Gasteiger partial charge in [-0.15, -0.1) is 0 Å². The number of hydrogen-bond acceptors (Lipinski definition) is 4. The number of carboxylic acid groups (broad SMARTS) is 1. The van der Waals surface area contributed by atoms with E-state index in [1.54, 1.807) is 12.1 Å². The number of rotatable bonds is 5. The van der Waals surface area contributed by atoms with E-state index in [1.807, 2.05) is 18.2 Å². The van der Waals surface area contributed by atoms with E-state index in [0.29, 0.717) is 13.2 Å². The Morgan fingerprint density at radius 2 is 1.64 bits per heavy atom. The molecule has 1 aliphatic carbocycles. The second kappa shape index (κ2) is 7.54. The summed E-state index contributed by atoms with van der Waals surface area (Å²) in [7, 11) is 0. The summed E-state index contributed by atoms with van der Waals surface area (Å²) in [5.74, 6) is 0.431. The molecular formula is C22H23NO5. The van der Waals surface area contributed by atoms with E-state index in [1.165, 1.54) is 12.1 Å². The van der Waals surface area contributed by atoms with E-state index >= 15 is 0 Å². The number of nitrogens with one attached hydrogen (secondary N) is 1. The fourth-order valence-corrected chi connectivity index (χ4v) is 4.07. The lowest BCUT2D eigenvalue weighted by Gasteiger charge is -2.32. The lowest BCUT2D eigenvalue weighted by Crippen LogP contribution is -2.44. The van der Waals surface area contributed by atoms with Crippen LogP contribution in [0, 0.1) is 0 Å². The summed E-state index contributed by atoms with van der Waals surface area (Å²) < 4.78 is 11.3. The molecule has 0 spiro atoms. The monoisotopic (exact) mass is 381 g/mol. The quantitative estimate of drug-likeness (QED) is 0.830. The second-order valence-electron chi connectivity index (χ2n) is 7.37. The third-order valence-electron chi connectivity index (χ3n) is 5.50. The molecule has 1 saturated carbocycles. The fourth-order valence-electron chi connectivity index (χ4n) is 4.07. The molecule has 1 fully saturated rings. The Labute approximate surface area is 163 Å². The maximum Gasteiger partial charge on any atom is 0.335 e. The van der Waals surface area contributed by atoms with Crippen LogP contribution in [0.4, 0.5) is 0 Å². The Bertz CT molecular complexity index is 884. The van der Waals surface area contributed by atoms with Gasteiger partial charge in [-0.25, -0.2) is 4.79 Å². The molecule has 1 amide bonds. The van der Waals surface area contributed by atoms with Crippen LogP contribution in [0.25, 0.3) is 0 Å². The van der Waals surface area contributed by atoms with Crippen LogP contribution in [-0.2, 0) is 16.8 Å². The van der Waals surface area contributed by atoms with Gasteiger partial charge in [-0.1, -0.05) is 31.0 Å². The molecule has 6 heteroatoms. The predicted molar refractivity (Wildman–Crippen MR) is 103 cm³/mol. The van der Waals surface area contributed by atoms with Crippen molar-refractivity contribution in [2.75, 3.05) is 13.2 Å². The molecule has 0 saturated heterocycles. The number of carboxylic acids is 1. The van der Waals surface area contributed by atoms with Gasteiger partial charge in [0, 0.05) is 0 Å². The highest BCUT2D eigenvalue weighted by atomic mass is 16.6. The number of fused-ring (bicyclic) bond motifs is 1. The van der Waals surface area contributed by atoms with Crippen LogP contribution >= 0.6 is 0 Å². The number of ether oxygens (including phenoxy) is 2. The molecule has 0 radical (unpaired) electrons. The first-order valence-corrected chi connectivity index (χ1v) is 9.59. The van der Waals surface area contributed by atoms with E-state index in [-0.39, 0.29) is 17.9 Å². The lowest BCUT2D eigenvalue weighted by atomic mass is 9.87. The Morgan fingerprint density at radius 1 is 0.964 bits per heavy atom. The van der Waals surface area contributed by atoms with Crippen LogP contribution in [-0.4, -0.2) is 30.2 Å². The minimum absolute atomic E-state index is 0.0696. The van der Waals surface area contributed by atoms with Crippen molar-refractivity contribution in [2.45, 2.75) is 37.6 Å². The molecule has 28 heavy (non-hydrogen) atoms. The molecule has 2 aliphatic rings. The highest BCUT2D eigenvalue weighted by Crippen LogP contribution is 2.42. The molecule has 6 nitrogen and oxygen atoms in total. The first kappa shape index (κ1) is 18.3. The number of amides is 1. The summed E-state index contributed by atoms with van der Waals surface area (Å²) in [5.41, 5.74) is 1.66. The van der Waals surface area contributed by atoms with E-state index in [9.17, 15) is 9.59 Å². The van der Waals surface area contributed by atoms with E-state index < -0.39 is 11.5 Å². The summed E-state index contributed by atoms with van der Waals surface area (Å²) in [6, 6.07) is 12.3. The summed E-state index contributed by atoms with van der Waals surface area (Å²) in [6.45, 7) is 1.08. The molecular weight excluding hydrogens is 358 g/mol. The van der Waals surface area contributed by atoms with Crippen molar-refractivity contribution in [2.24, 2.45) is 0 Å². The number of aromatic carboxylic acids is 1. The lowest BCUT2D eigenvalue weighted by molar-refractivity contribution is -0.122. The average molecular weight is 381 g/mol. The molecule has 146 valence electrons. The summed E-state index contributed by atoms with van der Waals surface area (Å²) >= 11 is 0. The third kappa shape index (κ3) is 3.67. The van der Waals surface area contributed by atoms with Crippen molar-refractivity contribution in [1.29, 1.82) is 0 Å². The Kier molecular flexibility index (Phi) is 4.94. The van der Waals surface area contributed by atoms with Gasteiger partial charge in [0.15, 0.2) is 11.5 Å². The number of hydrogen-bond donors (Lipinski definition) is 2.